The molecule has 146 valence electrons. The zero-order valence-corrected chi connectivity index (χ0v) is 15.9. The van der Waals surface area contributed by atoms with Crippen LogP contribution in [0.5, 0.6) is 0 Å². The van der Waals surface area contributed by atoms with Crippen molar-refractivity contribution in [3.63, 3.8) is 0 Å². The van der Waals surface area contributed by atoms with Crippen LogP contribution in [-0.2, 0) is 0 Å². The van der Waals surface area contributed by atoms with E-state index in [1.165, 1.54) is 36.8 Å². The quantitative estimate of drug-likeness (QED) is 0.663. The average molecular weight is 411 g/mol. The number of aromatic nitrogens is 2. The van der Waals surface area contributed by atoms with E-state index in [1.54, 1.807) is 18.2 Å². The highest BCUT2D eigenvalue weighted by Gasteiger charge is 2.24. The van der Waals surface area contributed by atoms with Crippen LogP contribution in [0.25, 0.3) is 11.1 Å². The van der Waals surface area contributed by atoms with E-state index < -0.39 is 11.7 Å². The number of amides is 2. The number of hydrogen-bond donors (Lipinski definition) is 2. The third-order valence-electron chi connectivity index (χ3n) is 4.43. The van der Waals surface area contributed by atoms with Gasteiger partial charge >= 0.3 is 0 Å². The van der Waals surface area contributed by atoms with Crippen LogP contribution in [0, 0.1) is 5.82 Å². The number of anilines is 1. The molecular formula is C21H16ClFN4O2. The van der Waals surface area contributed by atoms with Crippen LogP contribution in [0.4, 0.5) is 10.1 Å². The van der Waals surface area contributed by atoms with Gasteiger partial charge in [0.2, 0.25) is 0 Å². The van der Waals surface area contributed by atoms with Crippen molar-refractivity contribution in [2.24, 2.45) is 0 Å². The van der Waals surface area contributed by atoms with Crippen molar-refractivity contribution in [3.05, 3.63) is 77.1 Å². The van der Waals surface area contributed by atoms with E-state index in [0.717, 1.165) is 12.8 Å². The molecule has 8 heteroatoms. The molecule has 1 saturated carbocycles. The predicted molar refractivity (Wildman–Crippen MR) is 107 cm³/mol. The summed E-state index contributed by atoms with van der Waals surface area (Å²) < 4.78 is 14.3. The summed E-state index contributed by atoms with van der Waals surface area (Å²) in [4.78, 5) is 32.8. The molecule has 0 spiro atoms. The first-order chi connectivity index (χ1) is 14.0. The Balaban J connectivity index is 1.53. The summed E-state index contributed by atoms with van der Waals surface area (Å²) in [5.74, 6) is -1.29. The second kappa shape index (κ2) is 7.97. The number of pyridine rings is 2. The highest BCUT2D eigenvalue weighted by atomic mass is 35.5. The summed E-state index contributed by atoms with van der Waals surface area (Å²) >= 11 is 5.84. The molecule has 1 aliphatic rings. The normalized spacial score (nSPS) is 13.0. The molecule has 0 saturated heterocycles. The van der Waals surface area contributed by atoms with Gasteiger partial charge < -0.3 is 10.6 Å². The van der Waals surface area contributed by atoms with Gasteiger partial charge in [-0.25, -0.2) is 4.39 Å². The molecule has 0 unspecified atom stereocenters. The van der Waals surface area contributed by atoms with Crippen molar-refractivity contribution in [2.45, 2.75) is 18.9 Å². The molecule has 1 aromatic carbocycles. The van der Waals surface area contributed by atoms with Gasteiger partial charge in [-0.2, -0.15) is 0 Å². The van der Waals surface area contributed by atoms with Gasteiger partial charge in [-0.3, -0.25) is 19.6 Å². The number of carbonyl (C=O) groups excluding carboxylic acids is 2. The minimum atomic E-state index is -0.556. The minimum Gasteiger partial charge on any atom is -0.348 e. The molecule has 2 N–H and O–H groups in total. The summed E-state index contributed by atoms with van der Waals surface area (Å²) in [6.07, 6.45) is 6.26. The second-order valence-corrected chi connectivity index (χ2v) is 7.10. The van der Waals surface area contributed by atoms with Crippen LogP contribution in [0.15, 0.2) is 55.0 Å². The lowest BCUT2D eigenvalue weighted by Crippen LogP contribution is -2.26. The van der Waals surface area contributed by atoms with Gasteiger partial charge in [0.05, 0.1) is 16.9 Å². The van der Waals surface area contributed by atoms with E-state index in [1.807, 2.05) is 0 Å². The molecule has 0 aliphatic heterocycles. The third-order valence-corrected chi connectivity index (χ3v) is 4.72. The molecule has 1 fully saturated rings. The van der Waals surface area contributed by atoms with Crippen LogP contribution in [0.2, 0.25) is 5.02 Å². The fourth-order valence-corrected chi connectivity index (χ4v) is 2.94. The third kappa shape index (κ3) is 4.41. The molecule has 0 radical (unpaired) electrons. The Morgan fingerprint density at radius 1 is 1.10 bits per heavy atom. The number of halogens is 2. The topological polar surface area (TPSA) is 84.0 Å². The zero-order valence-electron chi connectivity index (χ0n) is 15.2. The number of hydrogen-bond acceptors (Lipinski definition) is 4. The van der Waals surface area contributed by atoms with Crippen LogP contribution < -0.4 is 10.6 Å². The summed E-state index contributed by atoms with van der Waals surface area (Å²) in [6, 6.07) is 9.41. The van der Waals surface area contributed by atoms with E-state index in [4.69, 9.17) is 11.6 Å². The van der Waals surface area contributed by atoms with Crippen LogP contribution in [0.3, 0.4) is 0 Å². The largest absolute Gasteiger partial charge is 0.348 e. The molecular weight excluding hydrogens is 395 g/mol. The Kier molecular flexibility index (Phi) is 5.22. The molecule has 0 bridgehead atoms. The Bertz CT molecular complexity index is 1100. The van der Waals surface area contributed by atoms with Crippen LogP contribution in [0.1, 0.15) is 33.7 Å². The SMILES string of the molecule is O=C(Nc1cncc(-c2cccc(Cl)c2F)c1)c1ccnc(C(=O)NC2CC2)c1. The lowest BCUT2D eigenvalue weighted by molar-refractivity contribution is 0.0946. The standard InChI is InChI=1S/C21H16ClFN4O2/c22-17-3-1-2-16(19(17)23)13-8-15(11-24-10-13)27-20(28)12-6-7-25-18(9-12)21(29)26-14-4-5-14/h1-3,6-11,14H,4-5H2,(H,26,29)(H,27,28). The number of benzene rings is 1. The van der Waals surface area contributed by atoms with Crippen molar-refractivity contribution in [1.82, 2.24) is 15.3 Å². The van der Waals surface area contributed by atoms with E-state index in [2.05, 4.69) is 20.6 Å². The van der Waals surface area contributed by atoms with Gasteiger partial charge in [0.1, 0.15) is 11.5 Å². The number of rotatable bonds is 5. The maximum atomic E-state index is 14.3. The van der Waals surface area contributed by atoms with E-state index in [-0.39, 0.29) is 33.8 Å². The first-order valence-corrected chi connectivity index (χ1v) is 9.37. The lowest BCUT2D eigenvalue weighted by atomic mass is 10.1. The molecule has 29 heavy (non-hydrogen) atoms. The van der Waals surface area contributed by atoms with Gasteiger partial charge in [-0.05, 0) is 37.1 Å². The van der Waals surface area contributed by atoms with Gasteiger partial charge in [0.25, 0.3) is 11.8 Å². The minimum absolute atomic E-state index is 0.00530. The number of nitrogens with one attached hydrogen (secondary N) is 2. The zero-order chi connectivity index (χ0) is 20.4. The Morgan fingerprint density at radius 3 is 2.72 bits per heavy atom. The van der Waals surface area contributed by atoms with Crippen LogP contribution in [-0.4, -0.2) is 27.8 Å². The second-order valence-electron chi connectivity index (χ2n) is 6.70. The molecule has 4 rings (SSSR count). The number of nitrogens with zero attached hydrogens (tertiary/aromatic N) is 2. The Morgan fingerprint density at radius 2 is 1.93 bits per heavy atom. The monoisotopic (exact) mass is 410 g/mol. The molecule has 0 atom stereocenters. The summed E-state index contributed by atoms with van der Waals surface area (Å²) in [7, 11) is 0. The fourth-order valence-electron chi connectivity index (χ4n) is 2.77. The van der Waals surface area contributed by atoms with Crippen molar-refractivity contribution in [1.29, 1.82) is 0 Å². The van der Waals surface area contributed by atoms with Crippen molar-refractivity contribution in [3.8, 4) is 11.1 Å². The first kappa shape index (κ1) is 19.0. The molecule has 2 amide bonds. The Hall–Kier alpha value is -3.32. The highest BCUT2D eigenvalue weighted by molar-refractivity contribution is 6.31. The molecule has 1 aliphatic carbocycles. The highest BCUT2D eigenvalue weighted by Crippen LogP contribution is 2.28. The van der Waals surface area contributed by atoms with Crippen molar-refractivity contribution in [2.75, 3.05) is 5.32 Å². The maximum Gasteiger partial charge on any atom is 0.270 e. The van der Waals surface area contributed by atoms with Gasteiger partial charge in [0, 0.05) is 35.1 Å². The van der Waals surface area contributed by atoms with Crippen molar-refractivity contribution >= 4 is 29.1 Å². The van der Waals surface area contributed by atoms with Gasteiger partial charge in [0.15, 0.2) is 0 Å². The van der Waals surface area contributed by atoms with Crippen LogP contribution >= 0.6 is 11.6 Å². The van der Waals surface area contributed by atoms with E-state index in [9.17, 15) is 14.0 Å². The Labute approximate surface area is 171 Å². The maximum absolute atomic E-state index is 14.3. The average Bonchev–Trinajstić information content (AvgIpc) is 3.54. The summed E-state index contributed by atoms with van der Waals surface area (Å²) in [6.45, 7) is 0. The van der Waals surface area contributed by atoms with Gasteiger partial charge in [-0.1, -0.05) is 23.7 Å². The van der Waals surface area contributed by atoms with Crippen molar-refractivity contribution < 1.29 is 14.0 Å². The molecule has 6 nitrogen and oxygen atoms in total. The smallest absolute Gasteiger partial charge is 0.270 e. The first-order valence-electron chi connectivity index (χ1n) is 8.99. The lowest BCUT2D eigenvalue weighted by Gasteiger charge is -2.09. The fraction of sp³-hybridized carbons (Fsp3) is 0.143. The molecule has 3 aromatic rings. The summed E-state index contributed by atoms with van der Waals surface area (Å²) in [5.41, 5.74) is 1.59. The van der Waals surface area contributed by atoms with E-state index in [0.29, 0.717) is 11.3 Å². The summed E-state index contributed by atoms with van der Waals surface area (Å²) in [5, 5.41) is 5.54. The molecule has 2 aromatic heterocycles. The predicted octanol–water partition coefficient (Wildman–Crippen LogP) is 4.08. The number of carbonyl (C=O) groups is 2. The molecule has 2 heterocycles. The van der Waals surface area contributed by atoms with Gasteiger partial charge in [-0.15, -0.1) is 0 Å². The van der Waals surface area contributed by atoms with E-state index >= 15 is 0 Å².